The minimum absolute atomic E-state index is 0.176. The summed E-state index contributed by atoms with van der Waals surface area (Å²) in [6.07, 6.45) is 8.31. The molecule has 4 aliphatic rings. The molecule has 0 bridgehead atoms. The van der Waals surface area contributed by atoms with Crippen LogP contribution in [-0.2, 0) is 21.0 Å². The quantitative estimate of drug-likeness (QED) is 0.0924. The van der Waals surface area contributed by atoms with Crippen molar-refractivity contribution in [3.8, 4) is 27.7 Å². The van der Waals surface area contributed by atoms with Gasteiger partial charge in [-0.15, -0.1) is 11.3 Å². The number of allylic oxidation sites excluding steroid dienone is 1. The number of pyridine rings is 1. The zero-order valence-corrected chi connectivity index (χ0v) is 36.2. The summed E-state index contributed by atoms with van der Waals surface area (Å²) in [4.78, 5) is 51.8. The fraction of sp³-hybridized carbons (Fsp3) is 0.320. The van der Waals surface area contributed by atoms with Crippen molar-refractivity contribution in [3.05, 3.63) is 138 Å². The minimum Gasteiger partial charge on any atom is -0.489 e. The van der Waals surface area contributed by atoms with Crippen LogP contribution < -0.4 is 19.7 Å². The molecule has 1 atom stereocenters. The van der Waals surface area contributed by atoms with Gasteiger partial charge in [0.05, 0.1) is 11.1 Å². The molecule has 324 valence electrons. The Morgan fingerprint density at radius 2 is 1.68 bits per heavy atom. The second-order valence-corrected chi connectivity index (χ2v) is 17.8. The van der Waals surface area contributed by atoms with Gasteiger partial charge in [0.25, 0.3) is 5.91 Å². The van der Waals surface area contributed by atoms with Crippen LogP contribution in [0.2, 0.25) is 0 Å². The second kappa shape index (κ2) is 18.6. The molecule has 5 aromatic rings. The molecule has 1 N–H and O–H groups in total. The molecule has 1 unspecified atom stereocenters. The van der Waals surface area contributed by atoms with Crippen molar-refractivity contribution in [2.75, 3.05) is 57.3 Å². The predicted molar refractivity (Wildman–Crippen MR) is 244 cm³/mol. The Bertz CT molecular complexity index is 2560. The number of anilines is 1. The molecule has 4 aliphatic heterocycles. The number of nitrogens with one attached hydrogen (secondary N) is 1. The number of carbonyl (C=O) groups is 3. The number of halogens is 1. The maximum absolute atomic E-state index is 13.9. The van der Waals surface area contributed by atoms with Crippen molar-refractivity contribution in [3.63, 3.8) is 0 Å². The molecule has 0 spiro atoms. The third-order valence-electron chi connectivity index (χ3n) is 12.5. The molecule has 2 aromatic heterocycles. The van der Waals surface area contributed by atoms with Crippen LogP contribution in [0.15, 0.2) is 127 Å². The number of fused-ring (bicyclic) bond motifs is 1. The van der Waals surface area contributed by atoms with E-state index >= 15 is 0 Å². The third kappa shape index (κ3) is 9.54. The van der Waals surface area contributed by atoms with Gasteiger partial charge in [0.2, 0.25) is 11.8 Å². The Balaban J connectivity index is 0.758. The van der Waals surface area contributed by atoms with Crippen LogP contribution in [0.25, 0.3) is 20.5 Å². The first-order valence-corrected chi connectivity index (χ1v) is 22.5. The molecular weight excluding hydrogens is 816 g/mol. The summed E-state index contributed by atoms with van der Waals surface area (Å²) in [5.41, 5.74) is 4.34. The number of benzene rings is 3. The van der Waals surface area contributed by atoms with E-state index in [-0.39, 0.29) is 24.1 Å². The molecule has 9 rings (SSSR count). The van der Waals surface area contributed by atoms with Crippen molar-refractivity contribution in [2.24, 2.45) is 5.92 Å². The van der Waals surface area contributed by atoms with Gasteiger partial charge >= 0.3 is 0 Å². The van der Waals surface area contributed by atoms with Crippen molar-refractivity contribution < 1.29 is 28.2 Å². The highest BCUT2D eigenvalue weighted by Crippen LogP contribution is 2.47. The zero-order chi connectivity index (χ0) is 43.5. The number of hydrogen-bond acceptors (Lipinski definition) is 10. The summed E-state index contributed by atoms with van der Waals surface area (Å²) >= 11 is 1.59. The van der Waals surface area contributed by atoms with Crippen molar-refractivity contribution in [1.82, 2.24) is 25.0 Å². The van der Waals surface area contributed by atoms with Crippen molar-refractivity contribution in [2.45, 2.75) is 45.3 Å². The number of hydrogen-bond donors (Lipinski definition) is 1. The number of thiophene rings is 1. The molecule has 3 amide bonds. The van der Waals surface area contributed by atoms with Crippen LogP contribution in [0.1, 0.15) is 38.2 Å². The molecule has 3 fully saturated rings. The van der Waals surface area contributed by atoms with Crippen LogP contribution in [0.3, 0.4) is 0 Å². The fourth-order valence-corrected chi connectivity index (χ4v) is 10.1. The van der Waals surface area contributed by atoms with Gasteiger partial charge in [-0.2, -0.15) is 0 Å². The zero-order valence-electron chi connectivity index (χ0n) is 35.4. The molecule has 11 nitrogen and oxygen atoms in total. The molecule has 63 heavy (non-hydrogen) atoms. The van der Waals surface area contributed by atoms with E-state index < -0.39 is 11.9 Å². The lowest BCUT2D eigenvalue weighted by atomic mass is 9.96. The average Bonchev–Trinajstić information content (AvgIpc) is 3.80. The highest BCUT2D eigenvalue weighted by molar-refractivity contribution is 7.22. The van der Waals surface area contributed by atoms with Crippen LogP contribution in [0.5, 0.6) is 17.2 Å². The first-order valence-electron chi connectivity index (χ1n) is 21.7. The molecule has 3 aromatic carbocycles. The van der Waals surface area contributed by atoms with E-state index in [1.807, 2.05) is 79.7 Å². The number of ether oxygens (including phenoxy) is 2. The number of piperidine rings is 2. The summed E-state index contributed by atoms with van der Waals surface area (Å²) in [5.74, 6) is 2.50. The Labute approximate surface area is 371 Å². The lowest BCUT2D eigenvalue weighted by Crippen LogP contribution is -2.53. The van der Waals surface area contributed by atoms with Gasteiger partial charge in [0.1, 0.15) is 35.8 Å². The Hall–Kier alpha value is -6.31. The number of imide groups is 1. The lowest BCUT2D eigenvalue weighted by Gasteiger charge is -2.40. The third-order valence-corrected chi connectivity index (χ3v) is 13.7. The molecule has 3 saturated heterocycles. The Morgan fingerprint density at radius 1 is 0.921 bits per heavy atom. The number of rotatable bonds is 13. The SMILES string of the molecule is C=C(/C=C\C1=C(C)CN(C2CCC(=O)NC2=O)C1=O)N1CCN(CC2CCN(c3ccc(Oc4c(-c5ccc(F)cc5)sc5cc(OCc6ccccc6)ccc45)cn3)CC2)CC1. The largest absolute Gasteiger partial charge is 0.489 e. The maximum atomic E-state index is 13.9. The van der Waals surface area contributed by atoms with E-state index in [0.717, 1.165) is 108 Å². The van der Waals surface area contributed by atoms with Gasteiger partial charge in [-0.1, -0.05) is 49.0 Å². The van der Waals surface area contributed by atoms with E-state index in [1.54, 1.807) is 34.6 Å². The normalized spacial score (nSPS) is 19.1. The van der Waals surface area contributed by atoms with Crippen molar-refractivity contribution in [1.29, 1.82) is 0 Å². The predicted octanol–water partition coefficient (Wildman–Crippen LogP) is 8.34. The standard InChI is InChI=1S/C50H51FN6O5S/c1-33-30-57(43-17-19-46(58)53-49(43)59)50(60)41(33)15-8-34(2)55-26-24-54(25-27-55)31-35-20-22-56(23-21-35)45-18-14-40(29-52-45)62-47-42-16-13-39(61-32-36-6-4-3-5-7-36)28-44(42)63-48(47)37-9-11-38(51)12-10-37/h3-16,18,28-29,35,43H,2,17,19-27,30-32H2,1H3,(H,53,58,59)/b15-8-. The highest BCUT2D eigenvalue weighted by atomic mass is 32.1. The van der Waals surface area contributed by atoms with E-state index in [1.165, 1.54) is 12.1 Å². The molecule has 0 aliphatic carbocycles. The summed E-state index contributed by atoms with van der Waals surface area (Å²) in [7, 11) is 0. The number of carbonyl (C=O) groups excluding carboxylic acids is 3. The van der Waals surface area contributed by atoms with Crippen LogP contribution in [0, 0.1) is 11.7 Å². The van der Waals surface area contributed by atoms with Gasteiger partial charge in [0, 0.05) is 80.1 Å². The number of aromatic nitrogens is 1. The van der Waals surface area contributed by atoms with Crippen LogP contribution >= 0.6 is 11.3 Å². The molecule has 0 saturated carbocycles. The fourth-order valence-electron chi connectivity index (χ4n) is 8.92. The van der Waals surface area contributed by atoms with E-state index in [2.05, 4.69) is 26.6 Å². The Kier molecular flexibility index (Phi) is 12.4. The second-order valence-electron chi connectivity index (χ2n) is 16.8. The summed E-state index contributed by atoms with van der Waals surface area (Å²) in [5, 5.41) is 3.31. The first-order chi connectivity index (χ1) is 30.6. The van der Waals surface area contributed by atoms with Gasteiger partial charge in [-0.05, 0) is 103 Å². The Morgan fingerprint density at radius 3 is 2.41 bits per heavy atom. The topological polar surface area (TPSA) is 108 Å². The minimum atomic E-state index is -0.616. The number of amides is 3. The maximum Gasteiger partial charge on any atom is 0.254 e. The van der Waals surface area contributed by atoms with E-state index in [9.17, 15) is 18.8 Å². The van der Waals surface area contributed by atoms with Crippen LogP contribution in [0.4, 0.5) is 10.2 Å². The molecular formula is C50H51FN6O5S. The van der Waals surface area contributed by atoms with E-state index in [0.29, 0.717) is 42.6 Å². The summed E-state index contributed by atoms with van der Waals surface area (Å²) in [6.45, 7) is 13.6. The number of nitrogens with zero attached hydrogens (tertiary/aromatic N) is 5. The molecule has 6 heterocycles. The smallest absolute Gasteiger partial charge is 0.254 e. The first kappa shape index (κ1) is 42.0. The monoisotopic (exact) mass is 866 g/mol. The number of piperazine rings is 1. The summed E-state index contributed by atoms with van der Waals surface area (Å²) in [6, 6.07) is 26.0. The van der Waals surface area contributed by atoms with Gasteiger partial charge in [0.15, 0.2) is 5.75 Å². The van der Waals surface area contributed by atoms with Gasteiger partial charge in [-0.3, -0.25) is 24.6 Å². The van der Waals surface area contributed by atoms with Gasteiger partial charge < -0.3 is 24.2 Å². The van der Waals surface area contributed by atoms with Crippen molar-refractivity contribution >= 4 is 45.0 Å². The molecule has 0 radical (unpaired) electrons. The lowest BCUT2D eigenvalue weighted by molar-refractivity contribution is -0.142. The average molecular weight is 867 g/mol. The summed E-state index contributed by atoms with van der Waals surface area (Å²) < 4.78 is 27.7. The van der Waals surface area contributed by atoms with E-state index in [4.69, 9.17) is 14.5 Å². The van der Waals surface area contributed by atoms with Gasteiger partial charge in [-0.25, -0.2) is 9.37 Å². The van der Waals surface area contributed by atoms with Crippen LogP contribution in [-0.4, -0.2) is 95.8 Å². The highest BCUT2D eigenvalue weighted by Gasteiger charge is 2.38. The molecule has 13 heteroatoms.